The highest BCUT2D eigenvalue weighted by Gasteiger charge is 2.55. The molecule has 2 bridgehead atoms. The van der Waals surface area contributed by atoms with Crippen LogP contribution in [0.25, 0.3) is 11.2 Å². The monoisotopic (exact) mass is 773 g/mol. The van der Waals surface area contributed by atoms with Gasteiger partial charge in [-0.1, -0.05) is 63.1 Å². The summed E-state index contributed by atoms with van der Waals surface area (Å²) in [7, 11) is -2.54. The van der Waals surface area contributed by atoms with Crippen molar-refractivity contribution in [3.63, 3.8) is 0 Å². The van der Waals surface area contributed by atoms with E-state index in [1.807, 2.05) is 43.4 Å². The molecule has 0 aliphatic carbocycles. The van der Waals surface area contributed by atoms with Crippen LogP contribution in [0.5, 0.6) is 0 Å². The molecule has 266 valence electrons. The Balaban J connectivity index is 1.33. The number of imidazole rings is 1. The van der Waals surface area contributed by atoms with Crippen molar-refractivity contribution in [3.8, 4) is 11.8 Å². The molecule has 3 aliphatic rings. The van der Waals surface area contributed by atoms with Gasteiger partial charge in [0.2, 0.25) is 0 Å². The maximum absolute atomic E-state index is 16.2. The molecule has 2 unspecified atom stereocenters. The third-order valence-electron chi connectivity index (χ3n) is 8.92. The van der Waals surface area contributed by atoms with Gasteiger partial charge in [-0.2, -0.15) is 0 Å². The normalized spacial score (nSPS) is 35.8. The SMILES string of the molecule is CC(C)(C)[Si](C)(C)O[C@H]1[C@H]2OP(O)(=S)OC[C@H]3O[C@@H](n4cnc5c(N)ncnc54)[C@H](F)[C@@H]3OP(=O)(S)OC[C@H]1O[C@H]2C#Cc1ccccc1. The van der Waals surface area contributed by atoms with Crippen LogP contribution in [-0.4, -0.2) is 88.7 Å². The molecule has 3 saturated heterocycles. The number of hydrogen-bond acceptors (Lipinski definition) is 13. The number of nitrogens with two attached hydrogens (primary N) is 1. The maximum atomic E-state index is 16.2. The Labute approximate surface area is 294 Å². The van der Waals surface area contributed by atoms with Gasteiger partial charge in [-0.3, -0.25) is 18.1 Å². The van der Waals surface area contributed by atoms with Gasteiger partial charge in [0.05, 0.1) is 19.5 Å². The molecule has 14 nitrogen and oxygen atoms in total. The van der Waals surface area contributed by atoms with Crippen molar-refractivity contribution in [1.29, 1.82) is 0 Å². The number of benzene rings is 1. The quantitative estimate of drug-likeness (QED) is 0.142. The Hall–Kier alpha value is -1.81. The molecule has 2 aromatic heterocycles. The fourth-order valence-corrected chi connectivity index (χ4v) is 9.58. The molecule has 3 aliphatic heterocycles. The average Bonchev–Trinajstić information content (AvgIpc) is 3.68. The number of ether oxygens (including phenoxy) is 2. The molecular formula is C29H38FN5O9P2S2Si. The zero-order valence-corrected chi connectivity index (χ0v) is 31.8. The fraction of sp³-hybridized carbons (Fsp3) is 0.552. The van der Waals surface area contributed by atoms with Crippen molar-refractivity contribution in [2.24, 2.45) is 0 Å². The lowest BCUT2D eigenvalue weighted by atomic mass is 10.1. The van der Waals surface area contributed by atoms with Gasteiger partial charge < -0.3 is 29.1 Å². The van der Waals surface area contributed by atoms with Gasteiger partial charge in [0.15, 0.2) is 32.2 Å². The summed E-state index contributed by atoms with van der Waals surface area (Å²) < 4.78 is 73.8. The first-order valence-corrected chi connectivity index (χ1v) is 23.6. The standard InChI is InChI=1S/C29H38FN5O9P2S2Si/c1-29(2,3)49(4,5)44-25-20-14-39-45(36,47)42-23-19(41-28(21(23)30)35-16-34-22-26(31)32-15-33-27(22)35)13-38-46(37,48)43-24(25)18(40-20)12-11-17-9-7-6-8-10-17/h6-10,15-16,18-21,23-25,28H,13-14H2,1-5H3,(H,36,47)(H,37,48)(H2,31,32,33)/t18-,19+,20+,21+,23+,24-,25+,28+,45?,46?/m0/s1. The lowest BCUT2D eigenvalue weighted by molar-refractivity contribution is -0.0450. The topological polar surface area (TPSA) is 172 Å². The van der Waals surface area contributed by atoms with Crippen molar-refractivity contribution in [2.75, 3.05) is 18.9 Å². The lowest BCUT2D eigenvalue weighted by Gasteiger charge is -2.40. The minimum Gasteiger partial charge on any atom is -0.408 e. The summed E-state index contributed by atoms with van der Waals surface area (Å²) in [6, 6.07) is 9.23. The van der Waals surface area contributed by atoms with E-state index in [4.69, 9.17) is 49.5 Å². The number of nitrogens with zero attached hydrogens (tertiary/aromatic N) is 4. The summed E-state index contributed by atoms with van der Waals surface area (Å²) in [5.74, 6) is 6.23. The number of hydrogen-bond donors (Lipinski definition) is 3. The summed E-state index contributed by atoms with van der Waals surface area (Å²) in [6.45, 7) is 0.961. The summed E-state index contributed by atoms with van der Waals surface area (Å²) in [5.41, 5.74) is 7.05. The molecule has 0 saturated carbocycles. The molecule has 0 amide bonds. The Morgan fingerprint density at radius 2 is 1.82 bits per heavy atom. The van der Waals surface area contributed by atoms with Crippen LogP contribution in [0.3, 0.4) is 0 Å². The predicted octanol–water partition coefficient (Wildman–Crippen LogP) is 4.93. The van der Waals surface area contributed by atoms with Gasteiger partial charge in [0.25, 0.3) is 0 Å². The summed E-state index contributed by atoms with van der Waals surface area (Å²) in [4.78, 5) is 23.7. The fourth-order valence-electron chi connectivity index (χ4n) is 5.37. The van der Waals surface area contributed by atoms with Crippen LogP contribution < -0.4 is 5.73 Å². The average molecular weight is 774 g/mol. The van der Waals surface area contributed by atoms with Gasteiger partial charge >= 0.3 is 13.5 Å². The Morgan fingerprint density at radius 1 is 1.10 bits per heavy atom. The largest absolute Gasteiger partial charge is 0.408 e. The van der Waals surface area contributed by atoms with Crippen LogP contribution in [0, 0.1) is 11.8 Å². The number of thiol groups is 1. The molecule has 3 N–H and O–H groups in total. The van der Waals surface area contributed by atoms with Crippen molar-refractivity contribution in [2.45, 2.75) is 87.9 Å². The Morgan fingerprint density at radius 3 is 2.53 bits per heavy atom. The van der Waals surface area contributed by atoms with E-state index in [0.29, 0.717) is 5.56 Å². The first-order chi connectivity index (χ1) is 22.9. The van der Waals surface area contributed by atoms with Gasteiger partial charge in [0.1, 0.15) is 48.5 Å². The molecule has 3 aromatic rings. The number of alkyl halides is 1. The number of anilines is 1. The molecule has 0 radical (unpaired) electrons. The minimum absolute atomic E-state index is 0.0881. The van der Waals surface area contributed by atoms with E-state index in [1.54, 1.807) is 0 Å². The first kappa shape index (κ1) is 37.0. The van der Waals surface area contributed by atoms with Gasteiger partial charge in [-0.15, -0.1) is 0 Å². The van der Waals surface area contributed by atoms with E-state index in [1.165, 1.54) is 17.2 Å². The zero-order valence-electron chi connectivity index (χ0n) is 27.3. The molecule has 10 atom stereocenters. The van der Waals surface area contributed by atoms with E-state index < -0.39 is 77.5 Å². The summed E-state index contributed by atoms with van der Waals surface area (Å²) in [6.07, 6.45) is -7.51. The lowest BCUT2D eigenvalue weighted by Crippen LogP contribution is -2.50. The van der Waals surface area contributed by atoms with Gasteiger partial charge in [0, 0.05) is 5.56 Å². The smallest absolute Gasteiger partial charge is 0.386 e. The minimum atomic E-state index is -4.31. The second kappa shape index (κ2) is 14.0. The molecule has 0 spiro atoms. The first-order valence-electron chi connectivity index (χ1n) is 15.4. The number of halogens is 1. The van der Waals surface area contributed by atoms with E-state index in [2.05, 4.69) is 59.8 Å². The maximum Gasteiger partial charge on any atom is 0.386 e. The van der Waals surface area contributed by atoms with Crippen molar-refractivity contribution < 1.29 is 45.8 Å². The number of rotatable bonds is 3. The van der Waals surface area contributed by atoms with Crippen LogP contribution in [0.15, 0.2) is 43.0 Å². The van der Waals surface area contributed by atoms with E-state index >= 15 is 4.39 Å². The Bertz CT molecular complexity index is 1840. The molecule has 49 heavy (non-hydrogen) atoms. The van der Waals surface area contributed by atoms with Crippen LogP contribution in [0.2, 0.25) is 18.1 Å². The molecule has 20 heteroatoms. The zero-order chi connectivity index (χ0) is 35.4. The number of aromatic nitrogens is 4. The van der Waals surface area contributed by atoms with E-state index in [-0.39, 0.29) is 28.6 Å². The van der Waals surface area contributed by atoms with Crippen LogP contribution >= 0.6 is 25.8 Å². The van der Waals surface area contributed by atoms with Gasteiger partial charge in [-0.05, 0) is 42.1 Å². The van der Waals surface area contributed by atoms with Crippen LogP contribution in [0.4, 0.5) is 10.2 Å². The third kappa shape index (κ3) is 8.00. The molecule has 1 aromatic carbocycles. The van der Waals surface area contributed by atoms with E-state index in [0.717, 1.165) is 0 Å². The highest BCUT2D eigenvalue weighted by Crippen LogP contribution is 2.58. The van der Waals surface area contributed by atoms with E-state index in [9.17, 15) is 9.46 Å². The predicted molar refractivity (Wildman–Crippen MR) is 187 cm³/mol. The second-order valence-corrected chi connectivity index (χ2v) is 23.8. The van der Waals surface area contributed by atoms with Crippen LogP contribution in [0.1, 0.15) is 32.6 Å². The molecule has 5 heterocycles. The summed E-state index contributed by atoms with van der Waals surface area (Å²) >= 11 is 9.66. The van der Waals surface area contributed by atoms with Gasteiger partial charge in [-0.25, -0.2) is 23.9 Å². The number of nitrogen functional groups attached to an aromatic ring is 1. The molecule has 3 fully saturated rings. The molecular weight excluding hydrogens is 736 g/mol. The van der Waals surface area contributed by atoms with Crippen molar-refractivity contribution >= 4 is 62.9 Å². The Kier molecular flexibility index (Phi) is 10.5. The number of fused-ring (bicyclic) bond motifs is 4. The molecule has 6 rings (SSSR count). The van der Waals surface area contributed by atoms with Crippen molar-refractivity contribution in [3.05, 3.63) is 48.5 Å². The van der Waals surface area contributed by atoms with Crippen LogP contribution in [-0.2, 0) is 48.4 Å². The summed E-state index contributed by atoms with van der Waals surface area (Å²) in [5, 5.41) is -0.239. The third-order valence-corrected chi connectivity index (χ3v) is 16.6. The van der Waals surface area contributed by atoms with Crippen molar-refractivity contribution in [1.82, 2.24) is 19.5 Å². The highest BCUT2D eigenvalue weighted by atomic mass is 32.7. The second-order valence-electron chi connectivity index (χ2n) is 13.3. The highest BCUT2D eigenvalue weighted by molar-refractivity contribution is 8.44.